The van der Waals surface area contributed by atoms with Gasteiger partial charge in [0, 0.05) is 12.1 Å². The summed E-state index contributed by atoms with van der Waals surface area (Å²) in [7, 11) is 1.37. The Bertz CT molecular complexity index is 1220. The zero-order valence-corrected chi connectivity index (χ0v) is 17.3. The van der Waals surface area contributed by atoms with Crippen LogP contribution in [0.2, 0.25) is 0 Å². The molecule has 0 unspecified atom stereocenters. The van der Waals surface area contributed by atoms with Gasteiger partial charge in [0.25, 0.3) is 0 Å². The van der Waals surface area contributed by atoms with Crippen LogP contribution in [0.5, 0.6) is 23.0 Å². The third-order valence-corrected chi connectivity index (χ3v) is 5.42. The second kappa shape index (κ2) is 8.89. The molecule has 11 nitrogen and oxygen atoms in total. The topological polar surface area (TPSA) is 179 Å². The van der Waals surface area contributed by atoms with Gasteiger partial charge in [0.05, 0.1) is 19.3 Å². The van der Waals surface area contributed by atoms with Crippen LogP contribution in [-0.2, 0) is 4.74 Å². The zero-order chi connectivity index (χ0) is 23.9. The molecule has 1 aliphatic rings. The van der Waals surface area contributed by atoms with Gasteiger partial charge in [0.15, 0.2) is 11.5 Å². The number of aliphatic hydroxyl groups excluding tert-OH is 4. The molecule has 11 heteroatoms. The normalized spacial score (nSPS) is 25.2. The van der Waals surface area contributed by atoms with Crippen LogP contribution in [0.15, 0.2) is 45.8 Å². The molecule has 0 spiro atoms. The van der Waals surface area contributed by atoms with E-state index >= 15 is 0 Å². The van der Waals surface area contributed by atoms with Crippen LogP contribution in [-0.4, -0.2) is 75.1 Å². The van der Waals surface area contributed by atoms with Crippen LogP contribution in [0.1, 0.15) is 0 Å². The highest BCUT2D eigenvalue weighted by atomic mass is 16.7. The van der Waals surface area contributed by atoms with Gasteiger partial charge in [0.1, 0.15) is 53.1 Å². The molecule has 1 saturated heterocycles. The predicted octanol–water partition coefficient (Wildman–Crippen LogP) is 0.0585. The van der Waals surface area contributed by atoms with Gasteiger partial charge >= 0.3 is 0 Å². The summed E-state index contributed by atoms with van der Waals surface area (Å²) < 4.78 is 21.3. The number of aromatic hydroxyl groups is 2. The van der Waals surface area contributed by atoms with Crippen molar-refractivity contribution in [2.24, 2.45) is 0 Å². The summed E-state index contributed by atoms with van der Waals surface area (Å²) in [6, 6.07) is 6.67. The zero-order valence-electron chi connectivity index (χ0n) is 17.3. The largest absolute Gasteiger partial charge is 0.507 e. The summed E-state index contributed by atoms with van der Waals surface area (Å²) >= 11 is 0. The lowest BCUT2D eigenvalue weighted by Gasteiger charge is -2.39. The first kappa shape index (κ1) is 22.8. The van der Waals surface area contributed by atoms with Gasteiger partial charge in [-0.15, -0.1) is 0 Å². The van der Waals surface area contributed by atoms with Crippen LogP contribution in [0.25, 0.3) is 22.1 Å². The SMILES string of the molecule is COc1cc(-c2coc3cc(O[C@@H]4O[C@H](CO)[C@@H](O)[C@H](O)[C@H]4O)cc(O)c3c2=O)ccc1O. The molecular weight excluding hydrogens is 440 g/mol. The lowest BCUT2D eigenvalue weighted by Crippen LogP contribution is -2.60. The second-order valence-electron chi connectivity index (χ2n) is 7.50. The molecule has 1 aliphatic heterocycles. The Kier molecular flexibility index (Phi) is 6.15. The minimum Gasteiger partial charge on any atom is -0.507 e. The van der Waals surface area contributed by atoms with E-state index < -0.39 is 48.5 Å². The lowest BCUT2D eigenvalue weighted by molar-refractivity contribution is -0.277. The number of phenolic OH excluding ortho intramolecular Hbond substituents is 2. The minimum atomic E-state index is -1.65. The molecule has 6 N–H and O–H groups in total. The van der Waals surface area contributed by atoms with Gasteiger partial charge in [0.2, 0.25) is 11.7 Å². The standard InChI is InChI=1S/C22H22O11/c1-30-14-4-9(2-3-12(14)24)11-8-31-15-6-10(5-13(25)17(15)18(11)26)32-22-21(29)20(28)19(27)16(7-23)33-22/h2-6,8,16,19-25,27-29H,7H2,1H3/t16-,19-,20+,21-,22-/m1/s1. The molecule has 0 saturated carbocycles. The quantitative estimate of drug-likeness (QED) is 0.302. The van der Waals surface area contributed by atoms with Crippen molar-refractivity contribution < 1.29 is 49.3 Å². The number of aliphatic hydroxyl groups is 4. The van der Waals surface area contributed by atoms with Gasteiger partial charge in [-0.25, -0.2) is 0 Å². The Morgan fingerprint density at radius 1 is 1.00 bits per heavy atom. The third kappa shape index (κ3) is 4.08. The van der Waals surface area contributed by atoms with Gasteiger partial charge in [-0.05, 0) is 17.7 Å². The number of fused-ring (bicyclic) bond motifs is 1. The number of ether oxygens (including phenoxy) is 3. The van der Waals surface area contributed by atoms with E-state index in [-0.39, 0.29) is 33.8 Å². The summed E-state index contributed by atoms with van der Waals surface area (Å²) in [6.45, 7) is -0.631. The first-order chi connectivity index (χ1) is 15.7. The number of benzene rings is 2. The van der Waals surface area contributed by atoms with E-state index in [0.29, 0.717) is 5.56 Å². The Morgan fingerprint density at radius 2 is 1.76 bits per heavy atom. The third-order valence-electron chi connectivity index (χ3n) is 5.42. The van der Waals surface area contributed by atoms with Crippen molar-refractivity contribution >= 4 is 11.0 Å². The Morgan fingerprint density at radius 3 is 2.45 bits per heavy atom. The number of phenols is 2. The van der Waals surface area contributed by atoms with Crippen molar-refractivity contribution in [3.05, 3.63) is 46.8 Å². The van der Waals surface area contributed by atoms with E-state index in [1.165, 1.54) is 37.6 Å². The number of rotatable bonds is 5. The maximum Gasteiger partial charge on any atom is 0.229 e. The molecule has 2 heterocycles. The highest BCUT2D eigenvalue weighted by Gasteiger charge is 2.44. The number of hydrogen-bond acceptors (Lipinski definition) is 11. The molecule has 0 aliphatic carbocycles. The van der Waals surface area contributed by atoms with Crippen LogP contribution in [0.4, 0.5) is 0 Å². The first-order valence-corrected chi connectivity index (χ1v) is 9.88. The van der Waals surface area contributed by atoms with E-state index in [9.17, 15) is 35.4 Å². The van der Waals surface area contributed by atoms with E-state index in [2.05, 4.69) is 0 Å². The Balaban J connectivity index is 1.69. The fourth-order valence-corrected chi connectivity index (χ4v) is 3.62. The molecule has 2 aromatic carbocycles. The van der Waals surface area contributed by atoms with Crippen LogP contribution >= 0.6 is 0 Å². The molecule has 4 rings (SSSR count). The molecule has 1 fully saturated rings. The van der Waals surface area contributed by atoms with E-state index in [1.54, 1.807) is 0 Å². The predicted molar refractivity (Wildman–Crippen MR) is 112 cm³/mol. The molecule has 0 amide bonds. The highest BCUT2D eigenvalue weighted by Crippen LogP contribution is 2.34. The van der Waals surface area contributed by atoms with Crippen LogP contribution in [0.3, 0.4) is 0 Å². The van der Waals surface area contributed by atoms with Crippen molar-refractivity contribution in [3.8, 4) is 34.1 Å². The van der Waals surface area contributed by atoms with Crippen molar-refractivity contribution in [3.63, 3.8) is 0 Å². The molecule has 3 aromatic rings. The van der Waals surface area contributed by atoms with Crippen molar-refractivity contribution in [2.75, 3.05) is 13.7 Å². The smallest absolute Gasteiger partial charge is 0.229 e. The number of methoxy groups -OCH3 is 1. The van der Waals surface area contributed by atoms with Gasteiger partial charge in [-0.2, -0.15) is 0 Å². The van der Waals surface area contributed by atoms with E-state index in [1.807, 2.05) is 0 Å². The Labute approximate surface area is 186 Å². The number of hydrogen-bond donors (Lipinski definition) is 6. The summed E-state index contributed by atoms with van der Waals surface area (Å²) in [5.74, 6) is -0.497. The minimum absolute atomic E-state index is 0.0333. The summed E-state index contributed by atoms with van der Waals surface area (Å²) in [6.07, 6.45) is -6.33. The van der Waals surface area contributed by atoms with Crippen molar-refractivity contribution in [2.45, 2.75) is 30.7 Å². The van der Waals surface area contributed by atoms with Crippen molar-refractivity contribution in [1.82, 2.24) is 0 Å². The molecule has 5 atom stereocenters. The summed E-state index contributed by atoms with van der Waals surface area (Å²) in [5.41, 5.74) is -0.0879. The fraction of sp³-hybridized carbons (Fsp3) is 0.318. The molecule has 176 valence electrons. The second-order valence-corrected chi connectivity index (χ2v) is 7.50. The maximum absolute atomic E-state index is 13.0. The molecular formula is C22H22O11. The average Bonchev–Trinajstić information content (AvgIpc) is 2.80. The van der Waals surface area contributed by atoms with Crippen molar-refractivity contribution in [1.29, 1.82) is 0 Å². The Hall–Kier alpha value is -3.35. The van der Waals surface area contributed by atoms with E-state index in [0.717, 1.165) is 6.07 Å². The average molecular weight is 462 g/mol. The van der Waals surface area contributed by atoms with Crippen LogP contribution in [0, 0.1) is 0 Å². The molecule has 0 radical (unpaired) electrons. The molecule has 0 bridgehead atoms. The van der Waals surface area contributed by atoms with Crippen LogP contribution < -0.4 is 14.9 Å². The first-order valence-electron chi connectivity index (χ1n) is 9.88. The van der Waals surface area contributed by atoms with Gasteiger partial charge < -0.3 is 49.3 Å². The fourth-order valence-electron chi connectivity index (χ4n) is 3.62. The molecule has 33 heavy (non-hydrogen) atoms. The summed E-state index contributed by atoms with van der Waals surface area (Å²) in [4.78, 5) is 13.0. The monoisotopic (exact) mass is 462 g/mol. The summed E-state index contributed by atoms with van der Waals surface area (Å²) in [5, 5.41) is 59.3. The van der Waals surface area contributed by atoms with E-state index in [4.69, 9.17) is 18.6 Å². The molecule has 1 aromatic heterocycles. The van der Waals surface area contributed by atoms with Gasteiger partial charge in [-0.3, -0.25) is 4.79 Å². The lowest BCUT2D eigenvalue weighted by atomic mass is 9.99. The highest BCUT2D eigenvalue weighted by molar-refractivity contribution is 5.88. The maximum atomic E-state index is 13.0. The van der Waals surface area contributed by atoms with Gasteiger partial charge in [-0.1, -0.05) is 6.07 Å².